The lowest BCUT2D eigenvalue weighted by Crippen LogP contribution is -2.51. The number of hydrogen-bond acceptors (Lipinski definition) is 5. The molecule has 2 fully saturated rings. The van der Waals surface area contributed by atoms with Crippen LogP contribution in [-0.2, 0) is 16.1 Å². The van der Waals surface area contributed by atoms with Gasteiger partial charge in [-0.05, 0) is 49.9 Å². The van der Waals surface area contributed by atoms with Crippen LogP contribution in [0.2, 0.25) is 0 Å². The van der Waals surface area contributed by atoms with Crippen molar-refractivity contribution in [3.63, 3.8) is 0 Å². The number of rotatable bonds is 7. The smallest absolute Gasteiger partial charge is 0.239 e. The molecule has 0 atom stereocenters. The standard InChI is InChI=1S/C26H33FN6O2/c1-19-20(2)33(16-21-5-7-22(27)8-6-21)26(23(19)15-28)29-24(34)17-30-11-13-31(14-12-30)18-25(35)32-9-3-4-10-32/h5-8H,3-4,9-14,16-18H2,1-2H3,(H,29,34). The summed E-state index contributed by atoms with van der Waals surface area (Å²) >= 11 is 0. The maximum atomic E-state index is 13.3. The molecule has 1 N–H and O–H groups in total. The second-order valence-corrected chi connectivity index (χ2v) is 9.45. The SMILES string of the molecule is Cc1c(C#N)c(NC(=O)CN2CCN(CC(=O)N3CCCC3)CC2)n(Cc2ccc(F)cc2)c1C. The number of carbonyl (C=O) groups excluding carboxylic acids is 2. The molecule has 0 saturated carbocycles. The van der Waals surface area contributed by atoms with E-state index in [9.17, 15) is 19.2 Å². The van der Waals surface area contributed by atoms with E-state index in [2.05, 4.69) is 21.2 Å². The first-order valence-electron chi connectivity index (χ1n) is 12.2. The van der Waals surface area contributed by atoms with Gasteiger partial charge in [-0.1, -0.05) is 12.1 Å². The lowest BCUT2D eigenvalue weighted by Gasteiger charge is -2.34. The molecule has 9 heteroatoms. The van der Waals surface area contributed by atoms with Gasteiger partial charge in [0.2, 0.25) is 11.8 Å². The number of piperazine rings is 1. The van der Waals surface area contributed by atoms with Crippen LogP contribution in [-0.4, -0.2) is 83.4 Å². The van der Waals surface area contributed by atoms with Gasteiger partial charge in [0.25, 0.3) is 0 Å². The zero-order valence-corrected chi connectivity index (χ0v) is 20.5. The van der Waals surface area contributed by atoms with Crippen LogP contribution >= 0.6 is 0 Å². The third-order valence-electron chi connectivity index (χ3n) is 7.10. The normalized spacial score (nSPS) is 16.9. The van der Waals surface area contributed by atoms with Crippen LogP contribution in [0.25, 0.3) is 0 Å². The van der Waals surface area contributed by atoms with Crippen molar-refractivity contribution in [3.05, 3.63) is 52.5 Å². The van der Waals surface area contributed by atoms with Gasteiger partial charge in [0.15, 0.2) is 0 Å². The number of nitrogens with one attached hydrogen (secondary N) is 1. The van der Waals surface area contributed by atoms with Gasteiger partial charge in [0, 0.05) is 51.5 Å². The highest BCUT2D eigenvalue weighted by Crippen LogP contribution is 2.27. The highest BCUT2D eigenvalue weighted by Gasteiger charge is 2.25. The summed E-state index contributed by atoms with van der Waals surface area (Å²) in [6.45, 7) is 9.52. The van der Waals surface area contributed by atoms with Crippen molar-refractivity contribution in [1.82, 2.24) is 19.3 Å². The Morgan fingerprint density at radius 2 is 1.57 bits per heavy atom. The Labute approximate surface area is 205 Å². The minimum atomic E-state index is -0.305. The molecule has 0 radical (unpaired) electrons. The number of likely N-dealkylation sites (tertiary alicyclic amines) is 1. The molecule has 3 heterocycles. The monoisotopic (exact) mass is 480 g/mol. The predicted octanol–water partition coefficient (Wildman–Crippen LogP) is 2.34. The molecular weight excluding hydrogens is 447 g/mol. The third kappa shape index (κ3) is 5.89. The summed E-state index contributed by atoms with van der Waals surface area (Å²) in [5.74, 6) is 0.193. The predicted molar refractivity (Wildman–Crippen MR) is 131 cm³/mol. The number of halogens is 1. The highest BCUT2D eigenvalue weighted by molar-refractivity contribution is 5.93. The van der Waals surface area contributed by atoms with Gasteiger partial charge in [-0.3, -0.25) is 19.4 Å². The van der Waals surface area contributed by atoms with Gasteiger partial charge < -0.3 is 14.8 Å². The van der Waals surface area contributed by atoms with Crippen molar-refractivity contribution in [2.75, 3.05) is 57.7 Å². The third-order valence-corrected chi connectivity index (χ3v) is 7.10. The van der Waals surface area contributed by atoms with Crippen LogP contribution in [0.1, 0.15) is 35.2 Å². The van der Waals surface area contributed by atoms with E-state index in [0.29, 0.717) is 37.6 Å². The summed E-state index contributed by atoms with van der Waals surface area (Å²) < 4.78 is 15.2. The molecule has 2 aliphatic heterocycles. The first-order chi connectivity index (χ1) is 16.9. The van der Waals surface area contributed by atoms with E-state index in [4.69, 9.17) is 0 Å². The summed E-state index contributed by atoms with van der Waals surface area (Å²) in [5.41, 5.74) is 3.03. The van der Waals surface area contributed by atoms with E-state index < -0.39 is 0 Å². The fraction of sp³-hybridized carbons (Fsp3) is 0.500. The zero-order valence-electron chi connectivity index (χ0n) is 20.5. The average molecular weight is 481 g/mol. The summed E-state index contributed by atoms with van der Waals surface area (Å²) in [6.07, 6.45) is 2.18. The van der Waals surface area contributed by atoms with Crippen molar-refractivity contribution < 1.29 is 14.0 Å². The molecule has 1 aromatic carbocycles. The Morgan fingerprint density at radius 1 is 0.971 bits per heavy atom. The molecule has 8 nitrogen and oxygen atoms in total. The number of nitriles is 1. The number of nitrogens with zero attached hydrogens (tertiary/aromatic N) is 5. The number of benzene rings is 1. The summed E-state index contributed by atoms with van der Waals surface area (Å²) in [5, 5.41) is 12.7. The van der Waals surface area contributed by atoms with Crippen molar-refractivity contribution in [3.8, 4) is 6.07 Å². The van der Waals surface area contributed by atoms with Crippen LogP contribution in [0.3, 0.4) is 0 Å². The number of hydrogen-bond donors (Lipinski definition) is 1. The lowest BCUT2D eigenvalue weighted by atomic mass is 10.2. The molecule has 186 valence electrons. The van der Waals surface area contributed by atoms with Crippen molar-refractivity contribution >= 4 is 17.6 Å². The van der Waals surface area contributed by atoms with Gasteiger partial charge >= 0.3 is 0 Å². The quantitative estimate of drug-likeness (QED) is 0.658. The molecule has 0 unspecified atom stereocenters. The van der Waals surface area contributed by atoms with Crippen LogP contribution in [0.15, 0.2) is 24.3 Å². The van der Waals surface area contributed by atoms with Gasteiger partial charge in [-0.25, -0.2) is 4.39 Å². The molecule has 4 rings (SSSR count). The number of anilines is 1. The molecule has 35 heavy (non-hydrogen) atoms. The zero-order chi connectivity index (χ0) is 24.9. The maximum Gasteiger partial charge on any atom is 0.239 e. The fourth-order valence-electron chi connectivity index (χ4n) is 4.84. The Morgan fingerprint density at radius 3 is 2.17 bits per heavy atom. The van der Waals surface area contributed by atoms with Crippen molar-refractivity contribution in [2.45, 2.75) is 33.2 Å². The topological polar surface area (TPSA) is 84.6 Å². The van der Waals surface area contributed by atoms with E-state index in [1.807, 2.05) is 23.3 Å². The van der Waals surface area contributed by atoms with E-state index in [0.717, 1.165) is 55.8 Å². The molecule has 0 aliphatic carbocycles. The van der Waals surface area contributed by atoms with Crippen LogP contribution in [0, 0.1) is 31.0 Å². The van der Waals surface area contributed by atoms with Crippen LogP contribution in [0.4, 0.5) is 10.2 Å². The van der Waals surface area contributed by atoms with Gasteiger partial charge in [0.05, 0.1) is 18.7 Å². The molecular formula is C26H33FN6O2. The van der Waals surface area contributed by atoms with E-state index in [1.54, 1.807) is 12.1 Å². The Bertz CT molecular complexity index is 1110. The van der Waals surface area contributed by atoms with Gasteiger partial charge in [-0.15, -0.1) is 0 Å². The second-order valence-electron chi connectivity index (χ2n) is 9.45. The van der Waals surface area contributed by atoms with Gasteiger partial charge in [0.1, 0.15) is 17.7 Å². The van der Waals surface area contributed by atoms with Gasteiger partial charge in [-0.2, -0.15) is 5.26 Å². The van der Waals surface area contributed by atoms with E-state index in [-0.39, 0.29) is 24.2 Å². The molecule has 2 aromatic rings. The van der Waals surface area contributed by atoms with Crippen molar-refractivity contribution in [1.29, 1.82) is 5.26 Å². The molecule has 2 aliphatic rings. The second kappa shape index (κ2) is 11.0. The largest absolute Gasteiger partial charge is 0.342 e. The summed E-state index contributed by atoms with van der Waals surface area (Å²) in [6, 6.07) is 8.44. The molecule has 0 bridgehead atoms. The Balaban J connectivity index is 1.35. The lowest BCUT2D eigenvalue weighted by molar-refractivity contribution is -0.132. The average Bonchev–Trinajstić information content (AvgIpc) is 3.46. The Hall–Kier alpha value is -3.22. The molecule has 1 aromatic heterocycles. The first kappa shape index (κ1) is 24.9. The maximum absolute atomic E-state index is 13.3. The highest BCUT2D eigenvalue weighted by atomic mass is 19.1. The molecule has 2 amide bonds. The minimum Gasteiger partial charge on any atom is -0.342 e. The summed E-state index contributed by atoms with van der Waals surface area (Å²) in [4.78, 5) is 31.5. The number of amides is 2. The fourth-order valence-corrected chi connectivity index (χ4v) is 4.84. The minimum absolute atomic E-state index is 0.180. The molecule has 0 spiro atoms. The Kier molecular flexibility index (Phi) is 7.83. The number of aromatic nitrogens is 1. The van der Waals surface area contributed by atoms with E-state index >= 15 is 0 Å². The first-order valence-corrected chi connectivity index (χ1v) is 12.2. The van der Waals surface area contributed by atoms with Crippen LogP contribution in [0.5, 0.6) is 0 Å². The number of carbonyl (C=O) groups is 2. The van der Waals surface area contributed by atoms with Crippen molar-refractivity contribution in [2.24, 2.45) is 0 Å². The summed E-state index contributed by atoms with van der Waals surface area (Å²) in [7, 11) is 0. The molecule has 2 saturated heterocycles. The van der Waals surface area contributed by atoms with Crippen LogP contribution < -0.4 is 5.32 Å². The van der Waals surface area contributed by atoms with E-state index in [1.165, 1.54) is 12.1 Å².